The molecule has 1 aromatic heterocycles. The number of nitrogens with one attached hydrogen (secondary N) is 1. The van der Waals surface area contributed by atoms with Gasteiger partial charge in [0.15, 0.2) is 0 Å². The Balaban J connectivity index is 1.51. The van der Waals surface area contributed by atoms with Crippen molar-refractivity contribution in [1.82, 2.24) is 10.3 Å². The fraction of sp³-hybridized carbons (Fsp3) is 0.409. The van der Waals surface area contributed by atoms with E-state index in [9.17, 15) is 9.59 Å². The molecule has 2 aromatic rings. The SMILES string of the molecule is O=C(C[C@H]1c2ncccc2C(=O)N1c1ccccc1)NCC1CCCCC1. The molecule has 1 aromatic carbocycles. The van der Waals surface area contributed by atoms with Crippen molar-refractivity contribution in [2.75, 3.05) is 11.4 Å². The third-order valence-corrected chi connectivity index (χ3v) is 5.64. The van der Waals surface area contributed by atoms with Gasteiger partial charge in [0.05, 0.1) is 23.7 Å². The largest absolute Gasteiger partial charge is 0.356 e. The second-order valence-electron chi connectivity index (χ2n) is 7.47. The first-order valence-electron chi connectivity index (χ1n) is 9.84. The van der Waals surface area contributed by atoms with Crippen LogP contribution in [0.15, 0.2) is 48.7 Å². The summed E-state index contributed by atoms with van der Waals surface area (Å²) in [5.41, 5.74) is 2.08. The molecule has 0 saturated heterocycles. The Bertz CT molecular complexity index is 815. The van der Waals surface area contributed by atoms with Crippen LogP contribution in [0.1, 0.15) is 60.6 Å². The number of amides is 2. The van der Waals surface area contributed by atoms with Gasteiger partial charge in [0, 0.05) is 18.4 Å². The number of benzene rings is 1. The first kappa shape index (κ1) is 17.7. The molecule has 5 heteroatoms. The quantitative estimate of drug-likeness (QED) is 0.877. The van der Waals surface area contributed by atoms with Crippen LogP contribution in [0.2, 0.25) is 0 Å². The van der Waals surface area contributed by atoms with Crippen LogP contribution in [-0.4, -0.2) is 23.3 Å². The highest BCUT2D eigenvalue weighted by Gasteiger charge is 2.39. The average molecular weight is 363 g/mol. The molecule has 27 heavy (non-hydrogen) atoms. The lowest BCUT2D eigenvalue weighted by Gasteiger charge is -2.25. The second kappa shape index (κ2) is 7.91. The molecule has 0 unspecified atom stereocenters. The van der Waals surface area contributed by atoms with E-state index < -0.39 is 0 Å². The maximum Gasteiger partial charge on any atom is 0.260 e. The maximum atomic E-state index is 12.9. The van der Waals surface area contributed by atoms with Crippen LogP contribution in [0, 0.1) is 5.92 Å². The van der Waals surface area contributed by atoms with Gasteiger partial charge in [-0.3, -0.25) is 19.5 Å². The van der Waals surface area contributed by atoms with E-state index in [4.69, 9.17) is 0 Å². The normalized spacial score (nSPS) is 19.8. The molecule has 4 rings (SSSR count). The number of nitrogens with zero attached hydrogens (tertiary/aromatic N) is 2. The molecule has 1 saturated carbocycles. The molecule has 0 spiro atoms. The zero-order chi connectivity index (χ0) is 18.6. The van der Waals surface area contributed by atoms with E-state index in [1.807, 2.05) is 30.3 Å². The number of hydrogen-bond donors (Lipinski definition) is 1. The molecule has 1 fully saturated rings. The third kappa shape index (κ3) is 3.72. The highest BCUT2D eigenvalue weighted by molar-refractivity contribution is 6.11. The number of anilines is 1. The van der Waals surface area contributed by atoms with Gasteiger partial charge >= 0.3 is 0 Å². The molecule has 0 bridgehead atoms. The van der Waals surface area contributed by atoms with Crippen LogP contribution in [0.5, 0.6) is 0 Å². The molecule has 1 aliphatic heterocycles. The fourth-order valence-corrected chi connectivity index (χ4v) is 4.23. The van der Waals surface area contributed by atoms with E-state index in [1.54, 1.807) is 23.2 Å². The number of carbonyl (C=O) groups is 2. The molecule has 1 aliphatic carbocycles. The average Bonchev–Trinajstić information content (AvgIpc) is 3.00. The number of fused-ring (bicyclic) bond motifs is 1. The van der Waals surface area contributed by atoms with E-state index in [1.165, 1.54) is 32.1 Å². The standard InChI is InChI=1S/C22H25N3O2/c26-20(24-15-16-8-3-1-4-9-16)14-19-21-18(12-7-13-23-21)22(27)25(19)17-10-5-2-6-11-17/h2,5-7,10-13,16,19H,1,3-4,8-9,14-15H2,(H,24,26)/t19-/m0/s1. The van der Waals surface area contributed by atoms with Crippen LogP contribution in [-0.2, 0) is 4.79 Å². The summed E-state index contributed by atoms with van der Waals surface area (Å²) in [6.45, 7) is 0.736. The van der Waals surface area contributed by atoms with Gasteiger partial charge in [0.1, 0.15) is 0 Å². The van der Waals surface area contributed by atoms with Crippen molar-refractivity contribution in [2.24, 2.45) is 5.92 Å². The molecule has 1 N–H and O–H groups in total. The van der Waals surface area contributed by atoms with Crippen LogP contribution in [0.4, 0.5) is 5.69 Å². The number of aromatic nitrogens is 1. The van der Waals surface area contributed by atoms with Crippen molar-refractivity contribution in [3.8, 4) is 0 Å². The van der Waals surface area contributed by atoms with Crippen LogP contribution in [0.25, 0.3) is 0 Å². The van der Waals surface area contributed by atoms with E-state index >= 15 is 0 Å². The summed E-state index contributed by atoms with van der Waals surface area (Å²) in [6, 6.07) is 12.7. The first-order valence-corrected chi connectivity index (χ1v) is 9.84. The number of hydrogen-bond acceptors (Lipinski definition) is 3. The summed E-state index contributed by atoms with van der Waals surface area (Å²) in [5, 5.41) is 3.09. The molecular formula is C22H25N3O2. The predicted octanol–water partition coefficient (Wildman–Crippen LogP) is 3.87. The van der Waals surface area contributed by atoms with Gasteiger partial charge in [-0.05, 0) is 43.0 Å². The molecule has 140 valence electrons. The van der Waals surface area contributed by atoms with Crippen LogP contribution >= 0.6 is 0 Å². The lowest BCUT2D eigenvalue weighted by Crippen LogP contribution is -2.35. The number of para-hydroxylation sites is 1. The summed E-state index contributed by atoms with van der Waals surface area (Å²) < 4.78 is 0. The summed E-state index contributed by atoms with van der Waals surface area (Å²) >= 11 is 0. The Hall–Kier alpha value is -2.69. The Morgan fingerprint density at radius 1 is 1.07 bits per heavy atom. The Morgan fingerprint density at radius 3 is 2.63 bits per heavy atom. The Morgan fingerprint density at radius 2 is 1.85 bits per heavy atom. The highest BCUT2D eigenvalue weighted by atomic mass is 16.2. The lowest BCUT2D eigenvalue weighted by atomic mass is 9.89. The van der Waals surface area contributed by atoms with Crippen molar-refractivity contribution < 1.29 is 9.59 Å². The minimum Gasteiger partial charge on any atom is -0.356 e. The summed E-state index contributed by atoms with van der Waals surface area (Å²) in [7, 11) is 0. The molecule has 2 amide bonds. The third-order valence-electron chi connectivity index (χ3n) is 5.64. The van der Waals surface area contributed by atoms with Crippen molar-refractivity contribution in [3.05, 3.63) is 59.9 Å². The molecule has 1 atom stereocenters. The topological polar surface area (TPSA) is 62.3 Å². The van der Waals surface area contributed by atoms with Crippen molar-refractivity contribution >= 4 is 17.5 Å². The van der Waals surface area contributed by atoms with Gasteiger partial charge in [0.25, 0.3) is 5.91 Å². The Kier molecular flexibility index (Phi) is 5.19. The van der Waals surface area contributed by atoms with Gasteiger partial charge in [0.2, 0.25) is 5.91 Å². The van der Waals surface area contributed by atoms with Gasteiger partial charge in [-0.25, -0.2) is 0 Å². The zero-order valence-electron chi connectivity index (χ0n) is 15.4. The number of pyridine rings is 1. The van der Waals surface area contributed by atoms with Crippen molar-refractivity contribution in [2.45, 2.75) is 44.6 Å². The summed E-state index contributed by atoms with van der Waals surface area (Å²) in [4.78, 5) is 31.7. The van der Waals surface area contributed by atoms with Gasteiger partial charge in [-0.1, -0.05) is 37.5 Å². The second-order valence-corrected chi connectivity index (χ2v) is 7.47. The molecular weight excluding hydrogens is 338 g/mol. The molecule has 2 aliphatic rings. The molecule has 2 heterocycles. The van der Waals surface area contributed by atoms with Crippen molar-refractivity contribution in [1.29, 1.82) is 0 Å². The minimum absolute atomic E-state index is 0.0159. The fourth-order valence-electron chi connectivity index (χ4n) is 4.23. The monoisotopic (exact) mass is 363 g/mol. The van der Waals surface area contributed by atoms with E-state index in [2.05, 4.69) is 10.3 Å². The zero-order valence-corrected chi connectivity index (χ0v) is 15.4. The predicted molar refractivity (Wildman–Crippen MR) is 104 cm³/mol. The number of rotatable bonds is 5. The van der Waals surface area contributed by atoms with E-state index in [0.29, 0.717) is 17.2 Å². The lowest BCUT2D eigenvalue weighted by molar-refractivity contribution is -0.121. The first-order chi connectivity index (χ1) is 13.2. The van der Waals surface area contributed by atoms with Gasteiger partial charge < -0.3 is 5.32 Å². The van der Waals surface area contributed by atoms with Gasteiger partial charge in [-0.15, -0.1) is 0 Å². The van der Waals surface area contributed by atoms with Crippen LogP contribution < -0.4 is 10.2 Å². The van der Waals surface area contributed by atoms with Crippen LogP contribution in [0.3, 0.4) is 0 Å². The number of carbonyl (C=O) groups excluding carboxylic acids is 2. The van der Waals surface area contributed by atoms with E-state index in [-0.39, 0.29) is 24.3 Å². The molecule has 0 radical (unpaired) electrons. The highest BCUT2D eigenvalue weighted by Crippen LogP contribution is 2.38. The van der Waals surface area contributed by atoms with E-state index in [0.717, 1.165) is 12.2 Å². The maximum absolute atomic E-state index is 12.9. The summed E-state index contributed by atoms with van der Waals surface area (Å²) in [6.07, 6.45) is 8.15. The van der Waals surface area contributed by atoms with Crippen molar-refractivity contribution in [3.63, 3.8) is 0 Å². The minimum atomic E-state index is -0.359. The smallest absolute Gasteiger partial charge is 0.260 e. The van der Waals surface area contributed by atoms with Gasteiger partial charge in [-0.2, -0.15) is 0 Å². The molecule has 5 nitrogen and oxygen atoms in total. The Labute approximate surface area is 159 Å². The summed E-state index contributed by atoms with van der Waals surface area (Å²) in [5.74, 6) is 0.482.